The molecule has 3 fully saturated rings. The number of piperidine rings is 1. The van der Waals surface area contributed by atoms with Crippen LogP contribution < -0.4 is 4.74 Å². The van der Waals surface area contributed by atoms with Crippen LogP contribution >= 0.6 is 27.3 Å². The minimum absolute atomic E-state index is 0.00810. The van der Waals surface area contributed by atoms with E-state index >= 15 is 0 Å². The van der Waals surface area contributed by atoms with E-state index < -0.39 is 11.0 Å². The Morgan fingerprint density at radius 1 is 1.39 bits per heavy atom. The van der Waals surface area contributed by atoms with Crippen LogP contribution in [0.4, 0.5) is 0 Å². The number of thiophene rings is 1. The Hall–Kier alpha value is -1.87. The van der Waals surface area contributed by atoms with Crippen LogP contribution in [0.5, 0.6) is 11.5 Å². The normalized spacial score (nSPS) is 34.5. The average molecular weight is 572 g/mol. The number of aromatic hydroxyl groups is 1. The lowest BCUT2D eigenvalue weighted by molar-refractivity contribution is -0.198. The van der Waals surface area contributed by atoms with Gasteiger partial charge in [0.15, 0.2) is 11.5 Å². The summed E-state index contributed by atoms with van der Waals surface area (Å²) in [5, 5.41) is 25.5. The fourth-order valence-corrected chi connectivity index (χ4v) is 8.98. The van der Waals surface area contributed by atoms with Gasteiger partial charge in [0, 0.05) is 58.5 Å². The van der Waals surface area contributed by atoms with Crippen LogP contribution in [0.1, 0.15) is 48.1 Å². The van der Waals surface area contributed by atoms with Gasteiger partial charge in [-0.1, -0.05) is 6.07 Å². The summed E-state index contributed by atoms with van der Waals surface area (Å²) in [5.41, 5.74) is 0.691. The number of benzene rings is 1. The minimum atomic E-state index is -1.02. The zero-order valence-corrected chi connectivity index (χ0v) is 22.7. The van der Waals surface area contributed by atoms with E-state index in [1.807, 2.05) is 30.6 Å². The van der Waals surface area contributed by atoms with Crippen LogP contribution in [-0.2, 0) is 16.6 Å². The number of likely N-dealkylation sites (tertiary alicyclic amines) is 1. The summed E-state index contributed by atoms with van der Waals surface area (Å²) in [4.78, 5) is 18.5. The van der Waals surface area contributed by atoms with Crippen molar-refractivity contribution in [1.29, 1.82) is 0 Å². The molecule has 190 valence electrons. The highest BCUT2D eigenvalue weighted by Crippen LogP contribution is 2.65. The average Bonchev–Trinajstić information content (AvgIpc) is 3.46. The number of ether oxygens (including phenoxy) is 1. The largest absolute Gasteiger partial charge is 0.504 e. The number of carbonyl (C=O) groups is 1. The zero-order valence-electron chi connectivity index (χ0n) is 20.3. The van der Waals surface area contributed by atoms with E-state index in [0.717, 1.165) is 46.8 Å². The van der Waals surface area contributed by atoms with Crippen molar-refractivity contribution in [2.75, 3.05) is 20.1 Å². The maximum absolute atomic E-state index is 13.2. The van der Waals surface area contributed by atoms with Gasteiger partial charge in [0.05, 0.1) is 11.0 Å². The number of nitrogens with zero attached hydrogens (tertiary/aromatic N) is 2. The fourth-order valence-electron chi connectivity index (χ4n) is 7.64. The summed E-state index contributed by atoms with van der Waals surface area (Å²) in [5.74, 6) is 1.38. The lowest BCUT2D eigenvalue weighted by atomic mass is 9.48. The first-order chi connectivity index (χ1) is 17.3. The molecule has 2 N–H and O–H groups in total. The van der Waals surface area contributed by atoms with E-state index in [-0.39, 0.29) is 29.8 Å². The summed E-state index contributed by atoms with van der Waals surface area (Å²) in [6.07, 6.45) is 8.51. The van der Waals surface area contributed by atoms with Crippen molar-refractivity contribution in [3.05, 3.63) is 50.1 Å². The van der Waals surface area contributed by atoms with Gasteiger partial charge in [-0.15, -0.1) is 11.3 Å². The van der Waals surface area contributed by atoms with Crippen LogP contribution in [-0.4, -0.2) is 69.8 Å². The second-order valence-corrected chi connectivity index (χ2v) is 13.3. The number of halogens is 1. The van der Waals surface area contributed by atoms with Gasteiger partial charge in [-0.25, -0.2) is 0 Å². The molecule has 2 aromatic rings. The molecule has 6 nitrogen and oxygen atoms in total. The molecule has 7 rings (SSSR count). The van der Waals surface area contributed by atoms with Crippen LogP contribution in [0.15, 0.2) is 34.1 Å². The van der Waals surface area contributed by atoms with Crippen molar-refractivity contribution in [2.24, 2.45) is 5.92 Å². The maximum atomic E-state index is 13.2. The molecule has 3 aliphatic carbocycles. The number of likely N-dealkylation sites (N-methyl/N-ethyl adjacent to an activating group) is 1. The Morgan fingerprint density at radius 3 is 2.97 bits per heavy atom. The fraction of sp³-hybridized carbons (Fsp3) is 0.536. The van der Waals surface area contributed by atoms with E-state index in [2.05, 4.69) is 20.8 Å². The quantitative estimate of drug-likeness (QED) is 0.524. The summed E-state index contributed by atoms with van der Waals surface area (Å²) in [6.45, 7) is 1.98. The lowest BCUT2D eigenvalue weighted by Crippen LogP contribution is -2.77. The molecule has 1 saturated heterocycles. The number of phenolic OH excluding ortho intramolecular Hbond substituents is 1. The van der Waals surface area contributed by atoms with E-state index in [9.17, 15) is 15.0 Å². The summed E-state index contributed by atoms with van der Waals surface area (Å²) < 4.78 is 7.51. The molecule has 1 amide bonds. The number of aliphatic hydroxyl groups is 1. The van der Waals surface area contributed by atoms with Gasteiger partial charge in [0.2, 0.25) is 5.91 Å². The summed E-state index contributed by atoms with van der Waals surface area (Å²) in [7, 11) is 1.84. The molecule has 8 heteroatoms. The molecule has 1 spiro atoms. The van der Waals surface area contributed by atoms with Gasteiger partial charge in [0.25, 0.3) is 0 Å². The number of carbonyl (C=O) groups excluding carboxylic acids is 1. The minimum Gasteiger partial charge on any atom is -0.504 e. The lowest BCUT2D eigenvalue weighted by Gasteiger charge is -2.64. The molecule has 2 aliphatic heterocycles. The number of amides is 1. The monoisotopic (exact) mass is 570 g/mol. The molecule has 3 heterocycles. The van der Waals surface area contributed by atoms with Gasteiger partial charge >= 0.3 is 0 Å². The maximum Gasteiger partial charge on any atom is 0.246 e. The van der Waals surface area contributed by atoms with Crippen LogP contribution in [0.2, 0.25) is 0 Å². The number of rotatable bonds is 5. The van der Waals surface area contributed by atoms with Gasteiger partial charge in [0.1, 0.15) is 6.10 Å². The molecular formula is C28H31BrN2O4S. The topological polar surface area (TPSA) is 73.2 Å². The molecule has 2 bridgehead atoms. The molecule has 5 atom stereocenters. The highest BCUT2D eigenvalue weighted by molar-refractivity contribution is 9.10. The van der Waals surface area contributed by atoms with Crippen molar-refractivity contribution in [1.82, 2.24) is 9.80 Å². The van der Waals surface area contributed by atoms with Gasteiger partial charge in [-0.05, 0) is 84.3 Å². The Morgan fingerprint density at radius 2 is 2.22 bits per heavy atom. The molecular weight excluding hydrogens is 540 g/mol. The van der Waals surface area contributed by atoms with E-state index in [0.29, 0.717) is 18.6 Å². The van der Waals surface area contributed by atoms with Gasteiger partial charge < -0.3 is 19.8 Å². The van der Waals surface area contributed by atoms with Crippen LogP contribution in [0.25, 0.3) is 6.08 Å². The molecule has 2 saturated carbocycles. The van der Waals surface area contributed by atoms with E-state index in [4.69, 9.17) is 4.74 Å². The zero-order chi connectivity index (χ0) is 24.8. The summed E-state index contributed by atoms with van der Waals surface area (Å²) in [6, 6.07) is 5.61. The number of phenols is 1. The van der Waals surface area contributed by atoms with E-state index in [1.54, 1.807) is 28.4 Å². The smallest absolute Gasteiger partial charge is 0.246 e. The first kappa shape index (κ1) is 23.3. The molecule has 5 aliphatic rings. The second kappa shape index (κ2) is 8.06. The van der Waals surface area contributed by atoms with Crippen molar-refractivity contribution in [3.63, 3.8) is 0 Å². The predicted molar refractivity (Wildman–Crippen MR) is 142 cm³/mol. The second-order valence-electron chi connectivity index (χ2n) is 11.4. The van der Waals surface area contributed by atoms with Gasteiger partial charge in [-0.3, -0.25) is 9.69 Å². The highest BCUT2D eigenvalue weighted by atomic mass is 79.9. The first-order valence-corrected chi connectivity index (χ1v) is 14.6. The summed E-state index contributed by atoms with van der Waals surface area (Å²) >= 11 is 5.05. The molecule has 36 heavy (non-hydrogen) atoms. The van der Waals surface area contributed by atoms with Crippen LogP contribution in [0.3, 0.4) is 0 Å². The first-order valence-electron chi connectivity index (χ1n) is 13.0. The third kappa shape index (κ3) is 3.23. The van der Waals surface area contributed by atoms with Crippen molar-refractivity contribution < 1.29 is 19.7 Å². The van der Waals surface area contributed by atoms with Crippen molar-refractivity contribution >= 4 is 39.2 Å². The SMILES string of the molecule is CN(C(=O)/C=C/c1cc(Br)cs1)[C@@H]1C[C@@H]2Oc3c(O)ccc4c3[C@@]23CCN(CC2CC2)[C@H](C4)[C@]3(O)C1. The number of hydrogen-bond donors (Lipinski definition) is 2. The predicted octanol–water partition coefficient (Wildman–Crippen LogP) is 4.32. The Balaban J connectivity index is 1.24. The van der Waals surface area contributed by atoms with Gasteiger partial charge in [-0.2, -0.15) is 0 Å². The molecule has 1 aromatic heterocycles. The Bertz CT molecular complexity index is 1270. The molecule has 0 unspecified atom stereocenters. The third-order valence-electron chi connectivity index (χ3n) is 9.55. The van der Waals surface area contributed by atoms with Crippen LogP contribution in [0, 0.1) is 5.92 Å². The number of hydrogen-bond acceptors (Lipinski definition) is 6. The van der Waals surface area contributed by atoms with Crippen molar-refractivity contribution in [3.8, 4) is 11.5 Å². The Kier molecular flexibility index (Phi) is 5.21. The van der Waals surface area contributed by atoms with Crippen molar-refractivity contribution in [2.45, 2.75) is 67.7 Å². The Labute approximate surface area is 223 Å². The highest BCUT2D eigenvalue weighted by Gasteiger charge is 2.72. The standard InChI is InChI=1S/C28H31BrN2O4S/c1-30(24(33)7-5-20-11-18(29)15-36-20)19-12-23-27-8-9-31(14-16-2-3-16)22(28(27,34)13-19)10-17-4-6-21(32)26(35-23)25(17)27/h4-7,11,15-16,19,22-23,32,34H,2-3,8-10,12-14H2,1H3/b7-5+/t19-,22-,23+,27-,28-/m1/s1. The molecule has 0 radical (unpaired) electrons. The third-order valence-corrected chi connectivity index (χ3v) is 11.2. The van der Waals surface area contributed by atoms with E-state index in [1.165, 1.54) is 18.4 Å². The molecule has 1 aromatic carbocycles.